The van der Waals surface area contributed by atoms with Gasteiger partial charge in [0.2, 0.25) is 0 Å². The number of hydrogen-bond donors (Lipinski definition) is 0. The highest BCUT2D eigenvalue weighted by atomic mass is 32.2. The summed E-state index contributed by atoms with van der Waals surface area (Å²) in [7, 11) is -2.73. The van der Waals surface area contributed by atoms with Gasteiger partial charge in [-0.05, 0) is 44.0 Å². The fourth-order valence-electron chi connectivity index (χ4n) is 7.21. The number of fused-ring (bicyclic) bond motifs is 2. The smallest absolute Gasteiger partial charge is 0.181 e. The van der Waals surface area contributed by atoms with Crippen LogP contribution in [0.1, 0.15) is 0 Å². The minimum absolute atomic E-state index is 0.653. The third-order valence-corrected chi connectivity index (χ3v) is 15.9. The first-order valence-corrected chi connectivity index (χ1v) is 19.6. The molecule has 1 aliphatic heterocycles. The van der Waals surface area contributed by atoms with Gasteiger partial charge in [-0.25, -0.2) is 15.0 Å². The van der Waals surface area contributed by atoms with Gasteiger partial charge in [-0.3, -0.25) is 0 Å². The van der Waals surface area contributed by atoms with Gasteiger partial charge < -0.3 is 0 Å². The summed E-state index contributed by atoms with van der Waals surface area (Å²) in [5.74, 6) is 1.98. The van der Waals surface area contributed by atoms with Gasteiger partial charge in [-0.1, -0.05) is 188 Å². The molecule has 3 nitrogen and oxygen atoms in total. The van der Waals surface area contributed by atoms with E-state index in [1.807, 2.05) is 36.0 Å². The number of benzene rings is 7. The molecule has 0 bridgehead atoms. The molecule has 0 fully saturated rings. The van der Waals surface area contributed by atoms with E-state index in [0.29, 0.717) is 17.5 Å². The highest BCUT2D eigenvalue weighted by molar-refractivity contribution is 8.00. The van der Waals surface area contributed by atoms with Crippen molar-refractivity contribution in [1.29, 1.82) is 0 Å². The van der Waals surface area contributed by atoms with Crippen molar-refractivity contribution >= 4 is 40.6 Å². The van der Waals surface area contributed by atoms with E-state index >= 15 is 0 Å². The lowest BCUT2D eigenvalue weighted by atomic mass is 10.0. The Hall–Kier alpha value is -5.88. The van der Waals surface area contributed by atoms with Crippen LogP contribution < -0.4 is 20.7 Å². The molecule has 0 saturated heterocycles. The Bertz CT molecular complexity index is 2410. The third kappa shape index (κ3) is 5.19. The maximum atomic E-state index is 5.27. The summed E-state index contributed by atoms with van der Waals surface area (Å²) in [6.07, 6.45) is 0. The second kappa shape index (κ2) is 12.9. The van der Waals surface area contributed by atoms with E-state index in [0.717, 1.165) is 27.8 Å². The van der Waals surface area contributed by atoms with Gasteiger partial charge in [0.25, 0.3) is 0 Å². The topological polar surface area (TPSA) is 38.7 Å². The Balaban J connectivity index is 1.31. The number of aromatic nitrogens is 3. The van der Waals surface area contributed by atoms with E-state index in [2.05, 4.69) is 164 Å². The molecular formula is C45H31N3SSi. The van der Waals surface area contributed by atoms with E-state index in [-0.39, 0.29) is 0 Å². The van der Waals surface area contributed by atoms with E-state index in [1.54, 1.807) is 0 Å². The molecule has 0 amide bonds. The Morgan fingerprint density at radius 3 is 1.52 bits per heavy atom. The van der Waals surface area contributed by atoms with Crippen LogP contribution in [-0.2, 0) is 0 Å². The first-order chi connectivity index (χ1) is 24.8. The largest absolute Gasteiger partial charge is 0.208 e. The van der Waals surface area contributed by atoms with Gasteiger partial charge in [0.15, 0.2) is 25.5 Å². The minimum atomic E-state index is -2.73. The van der Waals surface area contributed by atoms with Gasteiger partial charge in [0, 0.05) is 26.5 Å². The Morgan fingerprint density at radius 2 is 0.840 bits per heavy atom. The quantitative estimate of drug-likeness (QED) is 0.166. The number of nitrogens with zero attached hydrogens (tertiary/aromatic N) is 3. The molecule has 0 N–H and O–H groups in total. The lowest BCUT2D eigenvalue weighted by molar-refractivity contribution is 1.07. The van der Waals surface area contributed by atoms with Crippen LogP contribution in [-0.4, -0.2) is 23.0 Å². The molecule has 5 heteroatoms. The fraction of sp³-hybridized carbons (Fsp3) is 0. The molecule has 2 heterocycles. The van der Waals surface area contributed by atoms with Crippen LogP contribution in [0.25, 0.3) is 45.3 Å². The average molecular weight is 674 g/mol. The molecule has 9 rings (SSSR count). The number of rotatable bonds is 6. The van der Waals surface area contributed by atoms with E-state index < -0.39 is 8.07 Å². The van der Waals surface area contributed by atoms with Gasteiger partial charge in [0.05, 0.1) is 0 Å². The van der Waals surface area contributed by atoms with Crippen LogP contribution in [0.2, 0.25) is 0 Å². The Labute approximate surface area is 297 Å². The van der Waals surface area contributed by atoms with Crippen LogP contribution in [0, 0.1) is 0 Å². The van der Waals surface area contributed by atoms with E-state index in [9.17, 15) is 0 Å². The molecule has 50 heavy (non-hydrogen) atoms. The molecule has 0 unspecified atom stereocenters. The Kier molecular flexibility index (Phi) is 7.77. The van der Waals surface area contributed by atoms with Crippen molar-refractivity contribution in [2.45, 2.75) is 9.79 Å². The predicted octanol–water partition coefficient (Wildman–Crippen LogP) is 8.38. The summed E-state index contributed by atoms with van der Waals surface area (Å²) >= 11 is 1.83. The standard InChI is InChI=1S/C45H31N3SSi/c1-5-17-32(18-6-1)34-21-15-22-35(31-34)44-46-43(33-19-7-2-8-20-33)47-45(48-44)38-27-16-30-41-42(38)49-39-28-13-14-29-40(39)50(41,36-23-9-3-10-24-36)37-25-11-4-12-26-37/h1-31H. The summed E-state index contributed by atoms with van der Waals surface area (Å²) in [6.45, 7) is 0. The molecule has 0 atom stereocenters. The van der Waals surface area contributed by atoms with Crippen molar-refractivity contribution < 1.29 is 0 Å². The van der Waals surface area contributed by atoms with Crippen LogP contribution in [0.15, 0.2) is 198 Å². The van der Waals surface area contributed by atoms with Crippen LogP contribution in [0.4, 0.5) is 0 Å². The van der Waals surface area contributed by atoms with Crippen molar-refractivity contribution in [3.8, 4) is 45.3 Å². The van der Waals surface area contributed by atoms with Crippen molar-refractivity contribution in [1.82, 2.24) is 15.0 Å². The zero-order valence-corrected chi connectivity index (χ0v) is 29.0. The molecule has 1 aliphatic rings. The van der Waals surface area contributed by atoms with Gasteiger partial charge >= 0.3 is 0 Å². The van der Waals surface area contributed by atoms with Crippen LogP contribution in [0.3, 0.4) is 0 Å². The molecule has 1 aromatic heterocycles. The molecule has 236 valence electrons. The summed E-state index contributed by atoms with van der Waals surface area (Å²) in [6, 6.07) is 67.0. The first kappa shape index (κ1) is 30.2. The first-order valence-electron chi connectivity index (χ1n) is 16.8. The summed E-state index contributed by atoms with van der Waals surface area (Å²) < 4.78 is 0. The fourth-order valence-corrected chi connectivity index (χ4v) is 14.3. The molecule has 7 aromatic carbocycles. The van der Waals surface area contributed by atoms with Crippen LogP contribution in [0.5, 0.6) is 0 Å². The molecular weight excluding hydrogens is 643 g/mol. The van der Waals surface area contributed by atoms with E-state index in [4.69, 9.17) is 15.0 Å². The van der Waals surface area contributed by atoms with E-state index in [1.165, 1.54) is 30.5 Å². The average Bonchev–Trinajstić information content (AvgIpc) is 3.21. The monoisotopic (exact) mass is 673 g/mol. The highest BCUT2D eigenvalue weighted by Crippen LogP contribution is 2.39. The zero-order valence-electron chi connectivity index (χ0n) is 27.1. The Morgan fingerprint density at radius 1 is 0.360 bits per heavy atom. The molecule has 0 radical (unpaired) electrons. The lowest BCUT2D eigenvalue weighted by Gasteiger charge is -2.40. The highest BCUT2D eigenvalue weighted by Gasteiger charge is 2.47. The van der Waals surface area contributed by atoms with Crippen molar-refractivity contribution in [3.63, 3.8) is 0 Å². The molecule has 8 aromatic rings. The summed E-state index contributed by atoms with van der Waals surface area (Å²) in [5.41, 5.74) is 5.20. The summed E-state index contributed by atoms with van der Waals surface area (Å²) in [5, 5.41) is 5.48. The molecule has 0 aliphatic carbocycles. The third-order valence-electron chi connectivity index (χ3n) is 9.47. The van der Waals surface area contributed by atoms with Crippen molar-refractivity contribution in [3.05, 3.63) is 188 Å². The predicted molar refractivity (Wildman–Crippen MR) is 209 cm³/mol. The summed E-state index contributed by atoms with van der Waals surface area (Å²) in [4.78, 5) is 18.1. The van der Waals surface area contributed by atoms with Gasteiger partial charge in [0.1, 0.15) is 0 Å². The second-order valence-corrected chi connectivity index (χ2v) is 17.2. The molecule has 0 spiro atoms. The molecule has 0 saturated carbocycles. The maximum Gasteiger partial charge on any atom is 0.181 e. The van der Waals surface area contributed by atoms with Crippen molar-refractivity contribution in [2.75, 3.05) is 0 Å². The van der Waals surface area contributed by atoms with Gasteiger partial charge in [-0.15, -0.1) is 0 Å². The van der Waals surface area contributed by atoms with Gasteiger partial charge in [-0.2, -0.15) is 0 Å². The normalized spacial score (nSPS) is 12.9. The minimum Gasteiger partial charge on any atom is -0.208 e. The van der Waals surface area contributed by atoms with Crippen LogP contribution >= 0.6 is 11.8 Å². The SMILES string of the molecule is c1ccc(-c2cccc(-c3nc(-c4ccccc4)nc(-c4cccc5c4Sc4ccccc4[Si]5(c4ccccc4)c4ccccc4)n3)c2)cc1. The zero-order chi connectivity index (χ0) is 33.3. The number of hydrogen-bond acceptors (Lipinski definition) is 4. The lowest BCUT2D eigenvalue weighted by Crippen LogP contribution is -2.76. The van der Waals surface area contributed by atoms with Crippen molar-refractivity contribution in [2.24, 2.45) is 0 Å². The maximum absolute atomic E-state index is 5.27. The second-order valence-electron chi connectivity index (χ2n) is 12.4.